The predicted octanol–water partition coefficient (Wildman–Crippen LogP) is 2.96. The van der Waals surface area contributed by atoms with Crippen LogP contribution < -0.4 is 4.74 Å². The summed E-state index contributed by atoms with van der Waals surface area (Å²) in [5.41, 5.74) is 0. The Bertz CT molecular complexity index is 455. The number of furan rings is 1. The predicted molar refractivity (Wildman–Crippen MR) is 79.6 cm³/mol. The second-order valence-corrected chi connectivity index (χ2v) is 5.89. The number of nitrogens with zero attached hydrogens (tertiary/aromatic N) is 1. The number of morpholine rings is 1. The SMILES string of the molecule is COc1ccc(C(=O)N2CCOC(CCCC(C)C)C2)o1. The van der Waals surface area contributed by atoms with Crippen LogP contribution in [-0.4, -0.2) is 43.7 Å². The van der Waals surface area contributed by atoms with E-state index in [9.17, 15) is 4.79 Å². The highest BCUT2D eigenvalue weighted by atomic mass is 16.6. The zero-order valence-corrected chi connectivity index (χ0v) is 13.1. The number of carbonyl (C=O) groups is 1. The smallest absolute Gasteiger partial charge is 0.289 e. The van der Waals surface area contributed by atoms with Gasteiger partial charge < -0.3 is 18.8 Å². The van der Waals surface area contributed by atoms with E-state index in [-0.39, 0.29) is 12.0 Å². The Kier molecular flexibility index (Phi) is 5.67. The van der Waals surface area contributed by atoms with Crippen molar-refractivity contribution in [2.45, 2.75) is 39.2 Å². The van der Waals surface area contributed by atoms with E-state index in [0.29, 0.717) is 37.3 Å². The first-order chi connectivity index (χ1) is 10.1. The van der Waals surface area contributed by atoms with Crippen molar-refractivity contribution >= 4 is 5.91 Å². The van der Waals surface area contributed by atoms with Gasteiger partial charge in [-0.1, -0.05) is 26.7 Å². The second kappa shape index (κ2) is 7.50. The summed E-state index contributed by atoms with van der Waals surface area (Å²) >= 11 is 0. The lowest BCUT2D eigenvalue weighted by Crippen LogP contribution is -2.45. The average Bonchev–Trinajstić information content (AvgIpc) is 2.95. The van der Waals surface area contributed by atoms with E-state index in [4.69, 9.17) is 13.9 Å². The van der Waals surface area contributed by atoms with Crippen molar-refractivity contribution in [3.8, 4) is 5.95 Å². The fraction of sp³-hybridized carbons (Fsp3) is 0.688. The van der Waals surface area contributed by atoms with Crippen LogP contribution in [-0.2, 0) is 4.74 Å². The molecule has 1 saturated heterocycles. The molecule has 1 aromatic rings. The number of hydrogen-bond donors (Lipinski definition) is 0. The van der Waals surface area contributed by atoms with Crippen LogP contribution in [0.25, 0.3) is 0 Å². The minimum absolute atomic E-state index is 0.0875. The zero-order valence-electron chi connectivity index (χ0n) is 13.1. The highest BCUT2D eigenvalue weighted by Crippen LogP contribution is 2.20. The summed E-state index contributed by atoms with van der Waals surface area (Å²) in [6.45, 7) is 6.29. The molecule has 0 N–H and O–H groups in total. The van der Waals surface area contributed by atoms with Crippen LogP contribution in [0.2, 0.25) is 0 Å². The van der Waals surface area contributed by atoms with Crippen molar-refractivity contribution in [3.05, 3.63) is 17.9 Å². The molecule has 1 fully saturated rings. The summed E-state index contributed by atoms with van der Waals surface area (Å²) in [5.74, 6) is 1.31. The molecule has 0 aromatic carbocycles. The molecular weight excluding hydrogens is 270 g/mol. The largest absolute Gasteiger partial charge is 0.468 e. The van der Waals surface area contributed by atoms with Crippen molar-refractivity contribution in [1.82, 2.24) is 4.90 Å². The van der Waals surface area contributed by atoms with Crippen LogP contribution in [0.1, 0.15) is 43.7 Å². The summed E-state index contributed by atoms with van der Waals surface area (Å²) in [7, 11) is 1.52. The molecule has 1 amide bonds. The van der Waals surface area contributed by atoms with E-state index >= 15 is 0 Å². The summed E-state index contributed by atoms with van der Waals surface area (Å²) in [4.78, 5) is 14.2. The molecule has 1 aliphatic heterocycles. The van der Waals surface area contributed by atoms with Crippen LogP contribution in [0.5, 0.6) is 5.95 Å². The molecule has 2 rings (SSSR count). The van der Waals surface area contributed by atoms with Gasteiger partial charge in [0.1, 0.15) is 0 Å². The molecule has 0 aliphatic carbocycles. The van der Waals surface area contributed by atoms with Crippen LogP contribution in [0.4, 0.5) is 0 Å². The van der Waals surface area contributed by atoms with E-state index in [0.717, 1.165) is 12.8 Å². The molecule has 0 radical (unpaired) electrons. The lowest BCUT2D eigenvalue weighted by atomic mass is 10.0. The molecule has 0 spiro atoms. The minimum Gasteiger partial charge on any atom is -0.468 e. The first-order valence-corrected chi connectivity index (χ1v) is 7.65. The van der Waals surface area contributed by atoms with Crippen molar-refractivity contribution in [1.29, 1.82) is 0 Å². The third kappa shape index (κ3) is 4.49. The first kappa shape index (κ1) is 15.9. The van der Waals surface area contributed by atoms with Gasteiger partial charge in [-0.25, -0.2) is 0 Å². The number of carbonyl (C=O) groups excluding carboxylic acids is 1. The fourth-order valence-electron chi connectivity index (χ4n) is 2.53. The molecule has 1 aromatic heterocycles. The third-order valence-electron chi connectivity index (χ3n) is 3.73. The molecule has 1 unspecified atom stereocenters. The van der Waals surface area contributed by atoms with Gasteiger partial charge in [-0.3, -0.25) is 4.79 Å². The Balaban J connectivity index is 1.86. The monoisotopic (exact) mass is 295 g/mol. The van der Waals surface area contributed by atoms with E-state index < -0.39 is 0 Å². The van der Waals surface area contributed by atoms with Gasteiger partial charge >= 0.3 is 0 Å². The lowest BCUT2D eigenvalue weighted by Gasteiger charge is -2.32. The number of methoxy groups -OCH3 is 1. The maximum absolute atomic E-state index is 12.4. The Labute approximate surface area is 126 Å². The molecule has 5 nitrogen and oxygen atoms in total. The van der Waals surface area contributed by atoms with E-state index in [2.05, 4.69) is 13.8 Å². The van der Waals surface area contributed by atoms with Crippen molar-refractivity contribution in [3.63, 3.8) is 0 Å². The first-order valence-electron chi connectivity index (χ1n) is 7.65. The standard InChI is InChI=1S/C16H25NO4/c1-12(2)5-4-6-13-11-17(9-10-20-13)16(18)14-7-8-15(19-3)21-14/h7-8,12-13H,4-6,9-11H2,1-3H3. The molecule has 1 atom stereocenters. The average molecular weight is 295 g/mol. The second-order valence-electron chi connectivity index (χ2n) is 5.89. The molecule has 1 aliphatic rings. The van der Waals surface area contributed by atoms with Crippen molar-refractivity contribution < 1.29 is 18.7 Å². The number of rotatable bonds is 6. The van der Waals surface area contributed by atoms with Crippen LogP contribution in [0, 0.1) is 5.92 Å². The fourth-order valence-corrected chi connectivity index (χ4v) is 2.53. The van der Waals surface area contributed by atoms with Crippen molar-refractivity contribution in [2.75, 3.05) is 26.8 Å². The van der Waals surface area contributed by atoms with E-state index in [1.165, 1.54) is 13.5 Å². The maximum Gasteiger partial charge on any atom is 0.289 e. The minimum atomic E-state index is -0.0875. The third-order valence-corrected chi connectivity index (χ3v) is 3.73. The lowest BCUT2D eigenvalue weighted by molar-refractivity contribution is -0.0269. The normalized spacial score (nSPS) is 19.0. The Morgan fingerprint density at radius 3 is 2.95 bits per heavy atom. The van der Waals surface area contributed by atoms with Crippen LogP contribution in [0.15, 0.2) is 16.5 Å². The summed E-state index contributed by atoms with van der Waals surface area (Å²) in [6, 6.07) is 3.32. The number of hydrogen-bond acceptors (Lipinski definition) is 4. The number of ether oxygens (including phenoxy) is 2. The van der Waals surface area contributed by atoms with E-state index in [1.54, 1.807) is 12.1 Å². The van der Waals surface area contributed by atoms with Gasteiger partial charge in [0.25, 0.3) is 11.9 Å². The molecule has 0 bridgehead atoms. The van der Waals surface area contributed by atoms with Gasteiger partial charge in [-0.15, -0.1) is 0 Å². The Morgan fingerprint density at radius 1 is 1.48 bits per heavy atom. The molecule has 118 valence electrons. The van der Waals surface area contributed by atoms with Gasteiger partial charge in [-0.05, 0) is 18.4 Å². The topological polar surface area (TPSA) is 51.9 Å². The quantitative estimate of drug-likeness (QED) is 0.809. The molecule has 21 heavy (non-hydrogen) atoms. The van der Waals surface area contributed by atoms with E-state index in [1.807, 2.05) is 4.90 Å². The van der Waals surface area contributed by atoms with Gasteiger partial charge in [0.05, 0.1) is 19.8 Å². The van der Waals surface area contributed by atoms with Crippen LogP contribution in [0.3, 0.4) is 0 Å². The number of amides is 1. The molecular formula is C16H25NO4. The summed E-state index contributed by atoms with van der Waals surface area (Å²) in [5, 5.41) is 0. The summed E-state index contributed by atoms with van der Waals surface area (Å²) in [6.07, 6.45) is 3.48. The maximum atomic E-state index is 12.4. The Hall–Kier alpha value is -1.49. The van der Waals surface area contributed by atoms with Gasteiger partial charge in [0.15, 0.2) is 5.76 Å². The highest BCUT2D eigenvalue weighted by molar-refractivity contribution is 5.91. The van der Waals surface area contributed by atoms with Gasteiger partial charge in [0.2, 0.25) is 0 Å². The van der Waals surface area contributed by atoms with Gasteiger partial charge in [-0.2, -0.15) is 0 Å². The van der Waals surface area contributed by atoms with Crippen molar-refractivity contribution in [2.24, 2.45) is 5.92 Å². The van der Waals surface area contributed by atoms with Crippen LogP contribution >= 0.6 is 0 Å². The zero-order chi connectivity index (χ0) is 15.2. The highest BCUT2D eigenvalue weighted by Gasteiger charge is 2.26. The Morgan fingerprint density at radius 2 is 2.29 bits per heavy atom. The molecule has 2 heterocycles. The van der Waals surface area contributed by atoms with Gasteiger partial charge in [0, 0.05) is 19.2 Å². The molecule has 5 heteroatoms. The summed E-state index contributed by atoms with van der Waals surface area (Å²) < 4.78 is 16.1. The molecule has 0 saturated carbocycles.